The summed E-state index contributed by atoms with van der Waals surface area (Å²) in [7, 11) is 0. The first-order valence-corrected chi connectivity index (χ1v) is 17.3. The molecule has 40 heavy (non-hydrogen) atoms. The summed E-state index contributed by atoms with van der Waals surface area (Å²) in [5, 5.41) is 53.0. The Labute approximate surface area is 250 Å². The molecule has 1 fully saturated rings. The van der Waals surface area contributed by atoms with Crippen LogP contribution >= 0.6 is 0 Å². The van der Waals surface area contributed by atoms with E-state index in [9.17, 15) is 25.5 Å². The van der Waals surface area contributed by atoms with Crippen molar-refractivity contribution >= 4 is 15.1 Å². The number of hydrogen-bond donors (Lipinski definition) is 5. The van der Waals surface area contributed by atoms with Crippen LogP contribution in [0, 0.1) is 35.5 Å². The maximum absolute atomic E-state index is 11.2. The number of hydrogen-bond acceptors (Lipinski definition) is 8. The molecule has 7 unspecified atom stereocenters. The Morgan fingerprint density at radius 2 is 1.32 bits per heavy atom. The Morgan fingerprint density at radius 1 is 0.800 bits per heavy atom. The van der Waals surface area contributed by atoms with Gasteiger partial charge in [0, 0.05) is 24.7 Å². The van der Waals surface area contributed by atoms with Crippen molar-refractivity contribution in [2.24, 2.45) is 35.5 Å². The summed E-state index contributed by atoms with van der Waals surface area (Å²) in [5.41, 5.74) is -1.03. The van der Waals surface area contributed by atoms with Crippen molar-refractivity contribution in [3.05, 3.63) is 0 Å². The minimum atomic E-state index is -2.55. The second kappa shape index (κ2) is 18.1. The molecule has 0 spiro atoms. The molecule has 0 aliphatic carbocycles. The highest BCUT2D eigenvalue weighted by molar-refractivity contribution is 6.36. The minimum Gasteiger partial charge on any atom is -0.454 e. The van der Waals surface area contributed by atoms with Crippen molar-refractivity contribution < 1.29 is 36.9 Å². The van der Waals surface area contributed by atoms with Gasteiger partial charge >= 0.3 is 15.1 Å². The lowest BCUT2D eigenvalue weighted by molar-refractivity contribution is -0.104. The third kappa shape index (κ3) is 13.2. The fourth-order valence-electron chi connectivity index (χ4n) is 5.83. The zero-order valence-electron chi connectivity index (χ0n) is 27.1. The second-order valence-electron chi connectivity index (χ2n) is 13.8. The van der Waals surface area contributed by atoms with E-state index in [-0.39, 0.29) is 35.9 Å². The highest BCUT2D eigenvalue weighted by Crippen LogP contribution is 2.36. The van der Waals surface area contributed by atoms with Crippen LogP contribution < -0.4 is 0 Å². The lowest BCUT2D eigenvalue weighted by atomic mass is 9.70. The first kappa shape index (κ1) is 38.2. The molecule has 0 radical (unpaired) electrons. The molecule has 0 amide bonds. The molecule has 1 saturated heterocycles. The number of aliphatic hydroxyl groups excluding tert-OH is 4. The van der Waals surface area contributed by atoms with E-state index in [2.05, 4.69) is 41.5 Å². The molecule has 1 aliphatic rings. The summed E-state index contributed by atoms with van der Waals surface area (Å²) in [6, 6.07) is 0. The van der Waals surface area contributed by atoms with Gasteiger partial charge < -0.3 is 36.9 Å². The summed E-state index contributed by atoms with van der Waals surface area (Å²) >= 11 is -2.55. The van der Waals surface area contributed by atoms with Crippen LogP contribution in [-0.4, -0.2) is 89.5 Å². The molecule has 1 heterocycles. The molecular weight excluding hydrogens is 527 g/mol. The van der Waals surface area contributed by atoms with Crippen LogP contribution in [-0.2, 0) is 11.4 Å². The predicted octanol–water partition coefficient (Wildman–Crippen LogP) is 4.57. The largest absolute Gasteiger partial charge is 0.906 e. The number of aliphatic hydroxyl groups is 5. The van der Waals surface area contributed by atoms with E-state index < -0.39 is 45.2 Å². The molecule has 12 atom stereocenters. The maximum Gasteiger partial charge on any atom is 0.906 e. The summed E-state index contributed by atoms with van der Waals surface area (Å²) in [6.07, 6.45) is 1.36. The summed E-state index contributed by atoms with van der Waals surface area (Å²) in [6.45, 7) is 20.4. The molecule has 0 aromatic carbocycles. The van der Waals surface area contributed by atoms with Crippen molar-refractivity contribution in [3.8, 4) is 0 Å². The van der Waals surface area contributed by atoms with E-state index in [1.807, 2.05) is 13.8 Å². The van der Waals surface area contributed by atoms with Gasteiger partial charge in [0.25, 0.3) is 0 Å². The van der Waals surface area contributed by atoms with Crippen molar-refractivity contribution in [1.82, 2.24) is 0 Å². The van der Waals surface area contributed by atoms with Crippen LogP contribution in [0.2, 0.25) is 0 Å². The van der Waals surface area contributed by atoms with Crippen LogP contribution in [0.1, 0.15) is 114 Å². The van der Waals surface area contributed by atoms with Gasteiger partial charge in [-0.2, -0.15) is 0 Å². The molecule has 0 saturated carbocycles. The minimum absolute atomic E-state index is 0.0748. The molecule has 238 valence electrons. The van der Waals surface area contributed by atoms with Crippen LogP contribution in [0.15, 0.2) is 0 Å². The fourth-order valence-corrected chi connectivity index (χ4v) is 7.58. The van der Waals surface area contributed by atoms with Gasteiger partial charge in [-0.15, -0.1) is 0 Å². The van der Waals surface area contributed by atoms with E-state index in [1.54, 1.807) is 13.8 Å². The third-order valence-electron chi connectivity index (χ3n) is 9.61. The SMILES string of the molecule is CCC(C)CC(O)CC(O)CC1CC(CC(O)CC(C)C)[O][Al]([O]C[C@H](C)[C@@H](C)[C@@H](C)C(C)(O)[C@@H](C)[C@H](C)O)[O]1. The number of rotatable bonds is 19. The van der Waals surface area contributed by atoms with Crippen molar-refractivity contribution in [1.29, 1.82) is 0 Å². The lowest BCUT2D eigenvalue weighted by Gasteiger charge is -2.42. The van der Waals surface area contributed by atoms with Gasteiger partial charge in [-0.05, 0) is 82.0 Å². The zero-order valence-corrected chi connectivity index (χ0v) is 28.3. The molecular formula is C31H63AlO8. The monoisotopic (exact) mass is 590 g/mol. The van der Waals surface area contributed by atoms with Gasteiger partial charge in [0.2, 0.25) is 0 Å². The second-order valence-corrected chi connectivity index (χ2v) is 15.3. The predicted molar refractivity (Wildman–Crippen MR) is 160 cm³/mol. The quantitative estimate of drug-likeness (QED) is 0.138. The molecule has 9 heteroatoms. The molecule has 0 aromatic rings. The van der Waals surface area contributed by atoms with Gasteiger partial charge in [0.15, 0.2) is 0 Å². The van der Waals surface area contributed by atoms with Gasteiger partial charge in [-0.1, -0.05) is 61.8 Å². The average molecular weight is 591 g/mol. The Kier molecular flexibility index (Phi) is 17.3. The highest BCUT2D eigenvalue weighted by Gasteiger charge is 2.45. The average Bonchev–Trinajstić information content (AvgIpc) is 2.84. The first-order valence-electron chi connectivity index (χ1n) is 15.8. The Balaban J connectivity index is 2.83. The Morgan fingerprint density at radius 3 is 1.80 bits per heavy atom. The van der Waals surface area contributed by atoms with Crippen molar-refractivity contribution in [3.63, 3.8) is 0 Å². The Hall–Kier alpha value is 0.212. The molecule has 0 aromatic heterocycles. The molecule has 1 rings (SSSR count). The standard InChI is InChI=1S/C18H36O5.C13H27O3.Al/c1-5-13(4)7-15(20)9-17(22)11-18(23)10-16(21)8-14(19)6-12(2)3;1-8(7-14)9(2)10(3)13(6,16)11(4)12(5)15;/h12-20,22H,5-11H2,1-4H3;8-12,15-16H,7H2,1-6H3;/q-2;-1;+3/t;8-,9+,10+,11-,12-,13?;/m.0./s1. The van der Waals surface area contributed by atoms with Crippen LogP contribution in [0.4, 0.5) is 0 Å². The van der Waals surface area contributed by atoms with E-state index in [4.69, 9.17) is 11.4 Å². The molecule has 1 aliphatic heterocycles. The van der Waals surface area contributed by atoms with Crippen molar-refractivity contribution in [2.75, 3.05) is 6.61 Å². The molecule has 8 nitrogen and oxygen atoms in total. The highest BCUT2D eigenvalue weighted by atomic mass is 27.3. The lowest BCUT2D eigenvalue weighted by Crippen LogP contribution is -2.48. The van der Waals surface area contributed by atoms with Crippen LogP contribution in [0.5, 0.6) is 0 Å². The fraction of sp³-hybridized carbons (Fsp3) is 1.00. The maximum atomic E-state index is 11.2. The zero-order chi connectivity index (χ0) is 30.8. The van der Waals surface area contributed by atoms with E-state index in [1.165, 1.54) is 0 Å². The van der Waals surface area contributed by atoms with Crippen LogP contribution in [0.3, 0.4) is 0 Å². The topological polar surface area (TPSA) is 129 Å². The smallest absolute Gasteiger partial charge is 0.454 e. The normalized spacial score (nSPS) is 26.9. The molecule has 5 N–H and O–H groups in total. The van der Waals surface area contributed by atoms with E-state index >= 15 is 0 Å². The van der Waals surface area contributed by atoms with Crippen molar-refractivity contribution in [2.45, 2.75) is 156 Å². The summed E-state index contributed by atoms with van der Waals surface area (Å²) in [4.78, 5) is 0. The third-order valence-corrected chi connectivity index (χ3v) is 11.3. The van der Waals surface area contributed by atoms with E-state index in [0.717, 1.165) is 6.42 Å². The first-order chi connectivity index (χ1) is 18.5. The van der Waals surface area contributed by atoms with Gasteiger partial charge in [0.1, 0.15) is 0 Å². The van der Waals surface area contributed by atoms with Gasteiger partial charge in [-0.3, -0.25) is 0 Å². The van der Waals surface area contributed by atoms with E-state index in [0.29, 0.717) is 57.0 Å². The van der Waals surface area contributed by atoms with Gasteiger partial charge in [0.05, 0.1) is 30.0 Å². The van der Waals surface area contributed by atoms with Crippen LogP contribution in [0.25, 0.3) is 0 Å². The Bertz CT molecular complexity index is 678. The molecule has 0 bridgehead atoms. The summed E-state index contributed by atoms with van der Waals surface area (Å²) in [5.74, 6) is 0.656. The summed E-state index contributed by atoms with van der Waals surface area (Å²) < 4.78 is 18.7. The van der Waals surface area contributed by atoms with Gasteiger partial charge in [-0.25, -0.2) is 0 Å².